The van der Waals surface area contributed by atoms with E-state index in [0.29, 0.717) is 18.6 Å². The minimum atomic E-state index is -3.78. The number of carbonyl (C=O) groups is 1. The van der Waals surface area contributed by atoms with Gasteiger partial charge in [-0.1, -0.05) is 0 Å². The molecular formula is C15H21NO7S. The van der Waals surface area contributed by atoms with Gasteiger partial charge in [0, 0.05) is 0 Å². The summed E-state index contributed by atoms with van der Waals surface area (Å²) >= 11 is 0. The Balaban J connectivity index is 2.06. The van der Waals surface area contributed by atoms with Gasteiger partial charge in [0.25, 0.3) is 0 Å². The molecule has 1 aliphatic rings. The van der Waals surface area contributed by atoms with Crippen molar-refractivity contribution >= 4 is 16.0 Å². The molecule has 0 aliphatic carbocycles. The number of carboxylic acid groups (broad SMARTS) is 1. The minimum Gasteiger partial charge on any atom is -0.497 e. The van der Waals surface area contributed by atoms with E-state index >= 15 is 0 Å². The third-order valence-electron chi connectivity index (χ3n) is 3.87. The van der Waals surface area contributed by atoms with Crippen LogP contribution in [0.3, 0.4) is 0 Å². The quantitative estimate of drug-likeness (QED) is 0.642. The molecule has 0 bridgehead atoms. The fourth-order valence-corrected chi connectivity index (χ4v) is 3.93. The maximum Gasteiger partial charge on any atom is 0.305 e. The van der Waals surface area contributed by atoms with E-state index in [1.807, 2.05) is 0 Å². The van der Waals surface area contributed by atoms with Crippen molar-refractivity contribution in [3.63, 3.8) is 0 Å². The van der Waals surface area contributed by atoms with Gasteiger partial charge >= 0.3 is 5.97 Å². The number of hydrogen-bond acceptors (Lipinski definition) is 6. The summed E-state index contributed by atoms with van der Waals surface area (Å²) in [5.41, 5.74) is 0. The van der Waals surface area contributed by atoms with E-state index in [1.165, 1.54) is 19.2 Å². The largest absolute Gasteiger partial charge is 0.497 e. The van der Waals surface area contributed by atoms with Crippen molar-refractivity contribution in [2.45, 2.75) is 42.4 Å². The molecule has 0 saturated carbocycles. The number of sulfonamides is 1. The first kappa shape index (κ1) is 18.7. The fraction of sp³-hybridized carbons (Fsp3) is 0.533. The summed E-state index contributed by atoms with van der Waals surface area (Å²) in [5.74, 6) is -0.450. The Morgan fingerprint density at radius 2 is 2.00 bits per heavy atom. The molecule has 0 spiro atoms. The van der Waals surface area contributed by atoms with E-state index in [4.69, 9.17) is 14.6 Å². The Morgan fingerprint density at radius 3 is 2.54 bits per heavy atom. The molecule has 1 heterocycles. The molecule has 1 aliphatic heterocycles. The second-order valence-corrected chi connectivity index (χ2v) is 7.27. The molecule has 0 amide bonds. The lowest BCUT2D eigenvalue weighted by Crippen LogP contribution is -2.51. The number of ether oxygens (including phenoxy) is 2. The van der Waals surface area contributed by atoms with Gasteiger partial charge in [-0.25, -0.2) is 13.1 Å². The first-order valence-corrected chi connectivity index (χ1v) is 8.98. The lowest BCUT2D eigenvalue weighted by atomic mass is 9.98. The highest BCUT2D eigenvalue weighted by molar-refractivity contribution is 7.89. The molecule has 1 saturated heterocycles. The highest BCUT2D eigenvalue weighted by Gasteiger charge is 2.34. The van der Waals surface area contributed by atoms with E-state index in [0.717, 1.165) is 0 Å². The molecule has 3 N–H and O–H groups in total. The molecule has 1 aromatic carbocycles. The van der Waals surface area contributed by atoms with Crippen molar-refractivity contribution in [3.8, 4) is 5.75 Å². The highest BCUT2D eigenvalue weighted by atomic mass is 32.2. The highest BCUT2D eigenvalue weighted by Crippen LogP contribution is 2.24. The molecular weight excluding hydrogens is 338 g/mol. The number of aliphatic carboxylic acids is 1. The summed E-state index contributed by atoms with van der Waals surface area (Å²) in [7, 11) is -2.29. The van der Waals surface area contributed by atoms with Gasteiger partial charge in [-0.3, -0.25) is 4.79 Å². The van der Waals surface area contributed by atoms with E-state index in [2.05, 4.69) is 4.72 Å². The van der Waals surface area contributed by atoms with Gasteiger partial charge in [0.05, 0.1) is 43.3 Å². The molecule has 8 nitrogen and oxygen atoms in total. The van der Waals surface area contributed by atoms with Crippen LogP contribution in [0.5, 0.6) is 5.75 Å². The zero-order valence-electron chi connectivity index (χ0n) is 13.2. The minimum absolute atomic E-state index is 0.0765. The molecule has 0 unspecified atom stereocenters. The van der Waals surface area contributed by atoms with Crippen molar-refractivity contribution in [1.29, 1.82) is 0 Å². The van der Waals surface area contributed by atoms with E-state index in [9.17, 15) is 18.3 Å². The number of nitrogens with one attached hydrogen (secondary N) is 1. The van der Waals surface area contributed by atoms with E-state index in [1.54, 1.807) is 12.1 Å². The zero-order valence-corrected chi connectivity index (χ0v) is 14.0. The van der Waals surface area contributed by atoms with Gasteiger partial charge in [-0.2, -0.15) is 0 Å². The summed E-state index contributed by atoms with van der Waals surface area (Å²) in [6.45, 7) is -0.397. The SMILES string of the molecule is COc1ccc(S(=O)(=O)N[C@@H]2CC[C@@H](CC(=O)O)O[C@H]2CO)cc1. The third-order valence-corrected chi connectivity index (χ3v) is 5.38. The number of hydrogen-bond donors (Lipinski definition) is 3. The van der Waals surface area contributed by atoms with Crippen LogP contribution in [0.15, 0.2) is 29.2 Å². The zero-order chi connectivity index (χ0) is 17.7. The third kappa shape index (κ3) is 4.67. The summed E-state index contributed by atoms with van der Waals surface area (Å²) < 4.78 is 37.9. The van der Waals surface area contributed by atoms with Crippen molar-refractivity contribution < 1.29 is 32.9 Å². The molecule has 2 rings (SSSR count). The Morgan fingerprint density at radius 1 is 1.33 bits per heavy atom. The summed E-state index contributed by atoms with van der Waals surface area (Å²) in [6.07, 6.45) is -0.691. The molecule has 3 atom stereocenters. The molecule has 0 radical (unpaired) electrons. The van der Waals surface area contributed by atoms with Gasteiger partial charge in [0.15, 0.2) is 0 Å². The summed E-state index contributed by atoms with van der Waals surface area (Å²) in [5, 5.41) is 18.2. The van der Waals surface area contributed by atoms with Crippen LogP contribution >= 0.6 is 0 Å². The molecule has 9 heteroatoms. The second kappa shape index (κ2) is 7.93. The van der Waals surface area contributed by atoms with Crippen LogP contribution in [-0.4, -0.2) is 56.6 Å². The lowest BCUT2D eigenvalue weighted by molar-refractivity contribution is -0.145. The van der Waals surface area contributed by atoms with Crippen LogP contribution in [0, 0.1) is 0 Å². The van der Waals surface area contributed by atoms with Crippen LogP contribution in [0.2, 0.25) is 0 Å². The molecule has 24 heavy (non-hydrogen) atoms. The van der Waals surface area contributed by atoms with Gasteiger partial charge in [0.2, 0.25) is 10.0 Å². The normalized spacial score (nSPS) is 24.5. The van der Waals surface area contributed by atoms with Crippen LogP contribution in [0.4, 0.5) is 0 Å². The van der Waals surface area contributed by atoms with Crippen LogP contribution in [0.1, 0.15) is 19.3 Å². The topological polar surface area (TPSA) is 122 Å². The van der Waals surface area contributed by atoms with Crippen molar-refractivity contribution in [1.82, 2.24) is 4.72 Å². The lowest BCUT2D eigenvalue weighted by Gasteiger charge is -2.35. The number of methoxy groups -OCH3 is 1. The summed E-state index contributed by atoms with van der Waals surface area (Å²) in [6, 6.07) is 5.31. The fourth-order valence-electron chi connectivity index (χ4n) is 2.63. The van der Waals surface area contributed by atoms with Gasteiger partial charge in [0.1, 0.15) is 5.75 Å². The van der Waals surface area contributed by atoms with Gasteiger partial charge in [-0.05, 0) is 37.1 Å². The van der Waals surface area contributed by atoms with E-state index < -0.39 is 40.8 Å². The van der Waals surface area contributed by atoms with Gasteiger partial charge in [-0.15, -0.1) is 0 Å². The smallest absolute Gasteiger partial charge is 0.305 e. The van der Waals surface area contributed by atoms with Crippen LogP contribution in [-0.2, 0) is 19.6 Å². The molecule has 1 fully saturated rings. The predicted molar refractivity (Wildman–Crippen MR) is 84.3 cm³/mol. The monoisotopic (exact) mass is 359 g/mol. The first-order chi connectivity index (χ1) is 11.4. The molecule has 1 aromatic rings. The van der Waals surface area contributed by atoms with Crippen LogP contribution < -0.4 is 9.46 Å². The van der Waals surface area contributed by atoms with Crippen molar-refractivity contribution in [2.75, 3.05) is 13.7 Å². The van der Waals surface area contributed by atoms with Crippen molar-refractivity contribution in [3.05, 3.63) is 24.3 Å². The first-order valence-electron chi connectivity index (χ1n) is 7.50. The number of rotatable bonds is 7. The Labute approximate surface area is 140 Å². The van der Waals surface area contributed by atoms with Crippen molar-refractivity contribution in [2.24, 2.45) is 0 Å². The number of benzene rings is 1. The predicted octanol–water partition coefficient (Wildman–Crippen LogP) is 0.357. The van der Waals surface area contributed by atoms with Crippen LogP contribution in [0.25, 0.3) is 0 Å². The summed E-state index contributed by atoms with van der Waals surface area (Å²) in [4.78, 5) is 10.8. The Bertz CT molecular complexity index is 659. The van der Waals surface area contributed by atoms with Gasteiger partial charge < -0.3 is 19.7 Å². The maximum absolute atomic E-state index is 12.4. The number of aliphatic hydroxyl groups excluding tert-OH is 1. The standard InChI is InChI=1S/C15H21NO7S/c1-22-10-2-5-12(6-3-10)24(20,21)16-13-7-4-11(8-15(18)19)23-14(13)9-17/h2-3,5-6,11,13-14,16-17H,4,7-9H2,1H3,(H,18,19)/t11-,13+,14-/m0/s1. The average molecular weight is 359 g/mol. The maximum atomic E-state index is 12.4. The number of carboxylic acids is 1. The number of aliphatic hydroxyl groups is 1. The Hall–Kier alpha value is -1.68. The second-order valence-electron chi connectivity index (χ2n) is 5.56. The Kier molecular flexibility index (Phi) is 6.16. The molecule has 134 valence electrons. The molecule has 0 aromatic heterocycles. The average Bonchev–Trinajstić information content (AvgIpc) is 2.55. The van der Waals surface area contributed by atoms with E-state index in [-0.39, 0.29) is 11.3 Å².